The lowest BCUT2D eigenvalue weighted by atomic mass is 9.92. The maximum atomic E-state index is 11.5. The van der Waals surface area contributed by atoms with Gasteiger partial charge in [0.05, 0.1) is 5.88 Å². The highest BCUT2D eigenvalue weighted by atomic mass is 35.5. The lowest BCUT2D eigenvalue weighted by molar-refractivity contribution is -0.143. The average molecular weight is 257 g/mol. The van der Waals surface area contributed by atoms with Gasteiger partial charge in [-0.2, -0.15) is 0 Å². The normalized spacial score (nSPS) is 24.8. The predicted octanol–water partition coefficient (Wildman–Crippen LogP) is 3.19. The van der Waals surface area contributed by atoms with E-state index in [1.165, 1.54) is 0 Å². The van der Waals surface area contributed by atoms with Gasteiger partial charge in [0.15, 0.2) is 5.60 Å². The third kappa shape index (κ3) is 1.72. The van der Waals surface area contributed by atoms with Gasteiger partial charge in [0.2, 0.25) is 0 Å². The first kappa shape index (κ1) is 11.5. The Balaban J connectivity index is 2.56. The van der Waals surface area contributed by atoms with E-state index in [9.17, 15) is 4.79 Å². The monoisotopic (exact) mass is 256 g/mol. The number of alkyl halides is 1. The van der Waals surface area contributed by atoms with Gasteiger partial charge in [-0.05, 0) is 12.5 Å². The van der Waals surface area contributed by atoms with Crippen molar-refractivity contribution in [3.63, 3.8) is 0 Å². The van der Waals surface area contributed by atoms with Crippen LogP contribution in [0.4, 0.5) is 0 Å². The molecule has 0 saturated carbocycles. The third-order valence-electron chi connectivity index (χ3n) is 2.56. The van der Waals surface area contributed by atoms with Gasteiger partial charge in [-0.3, -0.25) is 0 Å². The Morgan fingerprint density at radius 2 is 1.94 bits per heavy atom. The molecule has 0 N–H and O–H groups in total. The van der Waals surface area contributed by atoms with Crippen LogP contribution in [0.3, 0.4) is 0 Å². The molecule has 0 radical (unpaired) electrons. The summed E-state index contributed by atoms with van der Waals surface area (Å²) in [6.45, 7) is 1.76. The average Bonchev–Trinajstić information content (AvgIpc) is 2.52. The number of hydrogen-bond donors (Lipinski definition) is 0. The number of cyclic esters (lactones) is 1. The zero-order chi connectivity index (χ0) is 11.8. The first-order chi connectivity index (χ1) is 7.58. The van der Waals surface area contributed by atoms with Crippen molar-refractivity contribution in [2.75, 3.05) is 5.88 Å². The molecule has 1 aliphatic rings. The summed E-state index contributed by atoms with van der Waals surface area (Å²) < 4.78 is 5.20. The minimum atomic E-state index is -0.836. The van der Waals surface area contributed by atoms with Crippen LogP contribution >= 0.6 is 23.2 Å². The molecule has 1 aromatic rings. The van der Waals surface area contributed by atoms with Crippen LogP contribution in [-0.2, 0) is 9.53 Å². The topological polar surface area (TPSA) is 26.3 Å². The fraction of sp³-hybridized carbons (Fsp3) is 0.250. The van der Waals surface area contributed by atoms with Crippen LogP contribution in [0.15, 0.2) is 35.4 Å². The second-order valence-electron chi connectivity index (χ2n) is 3.81. The summed E-state index contributed by atoms with van der Waals surface area (Å²) in [4.78, 5) is 11.5. The van der Waals surface area contributed by atoms with Gasteiger partial charge in [0, 0.05) is 5.57 Å². The van der Waals surface area contributed by atoms with Gasteiger partial charge < -0.3 is 4.74 Å². The lowest BCUT2D eigenvalue weighted by Crippen LogP contribution is -2.29. The molecule has 16 heavy (non-hydrogen) atoms. The molecule has 4 heteroatoms. The Morgan fingerprint density at radius 1 is 1.31 bits per heavy atom. The van der Waals surface area contributed by atoms with E-state index >= 15 is 0 Å². The van der Waals surface area contributed by atoms with Gasteiger partial charge in [-0.25, -0.2) is 4.79 Å². The molecule has 0 unspecified atom stereocenters. The molecule has 2 rings (SSSR count). The van der Waals surface area contributed by atoms with Crippen molar-refractivity contribution in [1.29, 1.82) is 0 Å². The van der Waals surface area contributed by atoms with E-state index in [0.29, 0.717) is 5.57 Å². The molecule has 1 heterocycles. The summed E-state index contributed by atoms with van der Waals surface area (Å²) in [6, 6.07) is 9.41. The number of esters is 1. The zero-order valence-electron chi connectivity index (χ0n) is 8.67. The molecule has 1 atom stereocenters. The van der Waals surface area contributed by atoms with Crippen LogP contribution in [-0.4, -0.2) is 17.5 Å². The molecule has 1 aliphatic heterocycles. The molecular formula is C12H10Cl2O2. The van der Waals surface area contributed by atoms with Gasteiger partial charge in [0.1, 0.15) is 5.03 Å². The fourth-order valence-corrected chi connectivity index (χ4v) is 2.30. The molecule has 2 nitrogen and oxygen atoms in total. The van der Waals surface area contributed by atoms with Crippen LogP contribution < -0.4 is 0 Å². The highest BCUT2D eigenvalue weighted by Crippen LogP contribution is 2.41. The van der Waals surface area contributed by atoms with Crippen molar-refractivity contribution >= 4 is 34.7 Å². The van der Waals surface area contributed by atoms with Gasteiger partial charge >= 0.3 is 5.97 Å². The second-order valence-corrected chi connectivity index (χ2v) is 4.45. The second kappa shape index (κ2) is 4.11. The van der Waals surface area contributed by atoms with Gasteiger partial charge in [0.25, 0.3) is 0 Å². The summed E-state index contributed by atoms with van der Waals surface area (Å²) >= 11 is 11.8. The SMILES string of the molecule is C[C@@]1(CCl)OC(=O)C(Cl)=C1c1ccccc1. The molecular weight excluding hydrogens is 247 g/mol. The summed E-state index contributed by atoms with van der Waals surface area (Å²) in [5.41, 5.74) is 0.688. The highest BCUT2D eigenvalue weighted by molar-refractivity contribution is 6.46. The van der Waals surface area contributed by atoms with E-state index in [2.05, 4.69) is 0 Å². The Hall–Kier alpha value is -0.990. The lowest BCUT2D eigenvalue weighted by Gasteiger charge is -2.23. The van der Waals surface area contributed by atoms with E-state index in [0.717, 1.165) is 5.56 Å². The molecule has 1 aromatic carbocycles. The summed E-state index contributed by atoms with van der Waals surface area (Å²) in [5, 5.41) is 0.120. The minimum absolute atomic E-state index is 0.120. The maximum absolute atomic E-state index is 11.5. The Bertz CT molecular complexity index is 453. The van der Waals surface area contributed by atoms with Crippen LogP contribution in [0.2, 0.25) is 0 Å². The quantitative estimate of drug-likeness (QED) is 0.600. The van der Waals surface area contributed by atoms with Crippen molar-refractivity contribution < 1.29 is 9.53 Å². The van der Waals surface area contributed by atoms with Crippen LogP contribution in [0, 0.1) is 0 Å². The molecule has 0 spiro atoms. The van der Waals surface area contributed by atoms with Crippen molar-refractivity contribution in [3.05, 3.63) is 40.9 Å². The van der Waals surface area contributed by atoms with Crippen molar-refractivity contribution in [2.24, 2.45) is 0 Å². The molecule has 0 fully saturated rings. The van der Waals surface area contributed by atoms with Crippen molar-refractivity contribution in [2.45, 2.75) is 12.5 Å². The number of hydrogen-bond acceptors (Lipinski definition) is 2. The van der Waals surface area contributed by atoms with E-state index in [1.807, 2.05) is 30.3 Å². The first-order valence-corrected chi connectivity index (χ1v) is 5.75. The van der Waals surface area contributed by atoms with Crippen LogP contribution in [0.25, 0.3) is 5.57 Å². The predicted molar refractivity (Wildman–Crippen MR) is 64.4 cm³/mol. The fourth-order valence-electron chi connectivity index (χ4n) is 1.77. The van der Waals surface area contributed by atoms with Crippen LogP contribution in [0.1, 0.15) is 12.5 Å². The number of carbonyl (C=O) groups excluding carboxylic acids is 1. The molecule has 84 valence electrons. The minimum Gasteiger partial charge on any atom is -0.449 e. The number of carbonyl (C=O) groups is 1. The van der Waals surface area contributed by atoms with E-state index in [4.69, 9.17) is 27.9 Å². The van der Waals surface area contributed by atoms with E-state index in [-0.39, 0.29) is 10.9 Å². The van der Waals surface area contributed by atoms with E-state index in [1.54, 1.807) is 6.92 Å². The zero-order valence-corrected chi connectivity index (χ0v) is 10.2. The summed E-state index contributed by atoms with van der Waals surface area (Å²) in [7, 11) is 0. The number of ether oxygens (including phenoxy) is 1. The third-order valence-corrected chi connectivity index (χ3v) is 3.42. The molecule has 0 aliphatic carbocycles. The first-order valence-electron chi connectivity index (χ1n) is 4.83. The molecule has 0 saturated heterocycles. The highest BCUT2D eigenvalue weighted by Gasteiger charge is 2.43. The molecule has 0 bridgehead atoms. The standard InChI is InChI=1S/C12H10Cl2O2/c1-12(7-13)9(10(14)11(15)16-12)8-5-3-2-4-6-8/h2-6H,7H2,1H3/t12-/m0/s1. The Kier molecular flexibility index (Phi) is 2.96. The largest absolute Gasteiger partial charge is 0.449 e. The van der Waals surface area contributed by atoms with E-state index < -0.39 is 11.6 Å². The number of halogens is 2. The Labute approximate surface area is 104 Å². The smallest absolute Gasteiger partial charge is 0.351 e. The van der Waals surface area contributed by atoms with Crippen molar-refractivity contribution in [1.82, 2.24) is 0 Å². The maximum Gasteiger partial charge on any atom is 0.351 e. The Morgan fingerprint density at radius 3 is 2.50 bits per heavy atom. The number of rotatable bonds is 2. The van der Waals surface area contributed by atoms with Gasteiger partial charge in [-0.15, -0.1) is 11.6 Å². The summed E-state index contributed by atoms with van der Waals surface area (Å²) in [5.74, 6) is -0.331. The van der Waals surface area contributed by atoms with Gasteiger partial charge in [-0.1, -0.05) is 41.9 Å². The number of benzene rings is 1. The summed E-state index contributed by atoms with van der Waals surface area (Å²) in [6.07, 6.45) is 0. The molecule has 0 aromatic heterocycles. The van der Waals surface area contributed by atoms with Crippen molar-refractivity contribution in [3.8, 4) is 0 Å². The molecule has 0 amide bonds. The van der Waals surface area contributed by atoms with Crippen LogP contribution in [0.5, 0.6) is 0 Å².